The van der Waals surface area contributed by atoms with E-state index in [0.717, 1.165) is 4.90 Å². The average molecular weight is 268 g/mol. The van der Waals surface area contributed by atoms with Crippen LogP contribution in [-0.2, 0) is 0 Å². The van der Waals surface area contributed by atoms with Gasteiger partial charge in [0.2, 0.25) is 0 Å². The molecule has 0 amide bonds. The van der Waals surface area contributed by atoms with Gasteiger partial charge in [-0.1, -0.05) is 24.3 Å². The van der Waals surface area contributed by atoms with Gasteiger partial charge in [-0.05, 0) is 24.3 Å². The van der Waals surface area contributed by atoms with E-state index in [1.807, 2.05) is 30.3 Å². The standard InChI is InChI=1S/C13H10F2S2/c14-11-7-4-8-12(15)13(11)17-9-16-10-5-2-1-3-6-10/h1-8H,9H2. The zero-order valence-electron chi connectivity index (χ0n) is 8.90. The van der Waals surface area contributed by atoms with Crippen LogP contribution in [0, 0.1) is 11.6 Å². The Labute approximate surface area is 107 Å². The topological polar surface area (TPSA) is 0 Å². The Bertz CT molecular complexity index is 466. The lowest BCUT2D eigenvalue weighted by Gasteiger charge is -2.04. The summed E-state index contributed by atoms with van der Waals surface area (Å²) in [5.74, 6) is -0.993. The van der Waals surface area contributed by atoms with Crippen LogP contribution in [0.2, 0.25) is 0 Å². The molecule has 0 aliphatic heterocycles. The van der Waals surface area contributed by atoms with Crippen molar-refractivity contribution in [2.75, 3.05) is 5.08 Å². The number of thioether (sulfide) groups is 2. The van der Waals surface area contributed by atoms with Gasteiger partial charge < -0.3 is 0 Å². The molecule has 0 saturated heterocycles. The lowest BCUT2D eigenvalue weighted by atomic mass is 10.3. The van der Waals surface area contributed by atoms with Crippen molar-refractivity contribution in [2.24, 2.45) is 0 Å². The zero-order chi connectivity index (χ0) is 12.1. The fraction of sp³-hybridized carbons (Fsp3) is 0.0769. The summed E-state index contributed by atoms with van der Waals surface area (Å²) < 4.78 is 26.6. The molecule has 0 heterocycles. The van der Waals surface area contributed by atoms with Crippen molar-refractivity contribution >= 4 is 23.5 Å². The van der Waals surface area contributed by atoms with Gasteiger partial charge in [0.25, 0.3) is 0 Å². The summed E-state index contributed by atoms with van der Waals surface area (Å²) in [5, 5.41) is 0.585. The Morgan fingerprint density at radius 3 is 2.06 bits per heavy atom. The molecule has 2 rings (SSSR count). The van der Waals surface area contributed by atoms with Gasteiger partial charge >= 0.3 is 0 Å². The predicted molar refractivity (Wildman–Crippen MR) is 69.4 cm³/mol. The highest BCUT2D eigenvalue weighted by Crippen LogP contribution is 2.30. The highest BCUT2D eigenvalue weighted by atomic mass is 32.2. The Balaban J connectivity index is 1.95. The van der Waals surface area contributed by atoms with Crippen molar-refractivity contribution in [1.82, 2.24) is 0 Å². The highest BCUT2D eigenvalue weighted by molar-refractivity contribution is 8.16. The smallest absolute Gasteiger partial charge is 0.139 e. The van der Waals surface area contributed by atoms with Crippen molar-refractivity contribution < 1.29 is 8.78 Å². The predicted octanol–water partition coefficient (Wildman–Crippen LogP) is 4.81. The van der Waals surface area contributed by atoms with Crippen LogP contribution in [0.4, 0.5) is 8.78 Å². The molecule has 0 bridgehead atoms. The van der Waals surface area contributed by atoms with Gasteiger partial charge in [-0.3, -0.25) is 0 Å². The molecule has 0 nitrogen and oxygen atoms in total. The zero-order valence-corrected chi connectivity index (χ0v) is 10.5. The lowest BCUT2D eigenvalue weighted by Crippen LogP contribution is -1.86. The maximum atomic E-state index is 13.3. The monoisotopic (exact) mass is 268 g/mol. The fourth-order valence-corrected chi connectivity index (χ4v) is 3.31. The summed E-state index contributed by atoms with van der Waals surface area (Å²) in [6.45, 7) is 0. The Morgan fingerprint density at radius 1 is 0.765 bits per heavy atom. The van der Waals surface area contributed by atoms with Crippen LogP contribution in [0.1, 0.15) is 0 Å². The summed E-state index contributed by atoms with van der Waals surface area (Å²) in [7, 11) is 0. The highest BCUT2D eigenvalue weighted by Gasteiger charge is 2.08. The number of hydrogen-bond donors (Lipinski definition) is 0. The number of halogens is 2. The number of rotatable bonds is 4. The van der Waals surface area contributed by atoms with E-state index in [1.165, 1.54) is 30.0 Å². The molecule has 2 aromatic rings. The van der Waals surface area contributed by atoms with E-state index in [4.69, 9.17) is 0 Å². The van der Waals surface area contributed by atoms with Crippen LogP contribution in [0.25, 0.3) is 0 Å². The van der Waals surface area contributed by atoms with Crippen molar-refractivity contribution in [1.29, 1.82) is 0 Å². The van der Waals surface area contributed by atoms with Crippen molar-refractivity contribution in [3.05, 3.63) is 60.2 Å². The maximum absolute atomic E-state index is 13.3. The first-order valence-corrected chi connectivity index (χ1v) is 6.99. The van der Waals surface area contributed by atoms with E-state index in [9.17, 15) is 8.78 Å². The summed E-state index contributed by atoms with van der Waals surface area (Å²) in [4.78, 5) is 1.19. The van der Waals surface area contributed by atoms with Crippen LogP contribution < -0.4 is 0 Å². The molecular weight excluding hydrogens is 258 g/mol. The molecule has 17 heavy (non-hydrogen) atoms. The molecule has 0 radical (unpaired) electrons. The molecule has 0 N–H and O–H groups in total. The molecule has 0 unspecified atom stereocenters. The van der Waals surface area contributed by atoms with Crippen molar-refractivity contribution in [3.8, 4) is 0 Å². The first kappa shape index (κ1) is 12.5. The minimum Gasteiger partial charge on any atom is -0.206 e. The van der Waals surface area contributed by atoms with Gasteiger partial charge in [-0.2, -0.15) is 0 Å². The molecule has 0 saturated carbocycles. The third-order valence-corrected chi connectivity index (χ3v) is 4.32. The normalized spacial score (nSPS) is 10.5. The van der Waals surface area contributed by atoms with Gasteiger partial charge in [0.1, 0.15) is 11.6 Å². The van der Waals surface area contributed by atoms with Gasteiger partial charge in [-0.25, -0.2) is 8.78 Å². The summed E-state index contributed by atoms with van der Waals surface area (Å²) >= 11 is 2.74. The van der Waals surface area contributed by atoms with Gasteiger partial charge in [0.05, 0.1) is 4.90 Å². The van der Waals surface area contributed by atoms with E-state index in [0.29, 0.717) is 5.08 Å². The van der Waals surface area contributed by atoms with Crippen molar-refractivity contribution in [2.45, 2.75) is 9.79 Å². The second-order valence-electron chi connectivity index (χ2n) is 3.27. The second-order valence-corrected chi connectivity index (χ2v) is 5.67. The van der Waals surface area contributed by atoms with Crippen LogP contribution in [0.15, 0.2) is 58.3 Å². The molecule has 0 atom stereocenters. The van der Waals surface area contributed by atoms with Crippen LogP contribution in [0.5, 0.6) is 0 Å². The maximum Gasteiger partial charge on any atom is 0.139 e. The van der Waals surface area contributed by atoms with Gasteiger partial charge in [0.15, 0.2) is 0 Å². The largest absolute Gasteiger partial charge is 0.206 e. The number of hydrogen-bond acceptors (Lipinski definition) is 2. The van der Waals surface area contributed by atoms with E-state index in [-0.39, 0.29) is 4.90 Å². The molecular formula is C13H10F2S2. The first-order chi connectivity index (χ1) is 8.27. The summed E-state index contributed by atoms with van der Waals surface area (Å²) in [6, 6.07) is 13.7. The third kappa shape index (κ3) is 3.48. The molecule has 0 aromatic heterocycles. The van der Waals surface area contributed by atoms with E-state index in [2.05, 4.69) is 0 Å². The molecule has 2 aromatic carbocycles. The van der Waals surface area contributed by atoms with E-state index >= 15 is 0 Å². The molecule has 4 heteroatoms. The van der Waals surface area contributed by atoms with Crippen LogP contribution in [-0.4, -0.2) is 5.08 Å². The van der Waals surface area contributed by atoms with E-state index < -0.39 is 11.6 Å². The van der Waals surface area contributed by atoms with Crippen LogP contribution in [0.3, 0.4) is 0 Å². The van der Waals surface area contributed by atoms with Gasteiger partial charge in [-0.15, -0.1) is 23.5 Å². The lowest BCUT2D eigenvalue weighted by molar-refractivity contribution is 0.541. The van der Waals surface area contributed by atoms with Crippen molar-refractivity contribution in [3.63, 3.8) is 0 Å². The quantitative estimate of drug-likeness (QED) is 0.576. The molecule has 0 spiro atoms. The minimum absolute atomic E-state index is 0.0935. The SMILES string of the molecule is Fc1cccc(F)c1SCSc1ccccc1. The van der Waals surface area contributed by atoms with Crippen LogP contribution >= 0.6 is 23.5 Å². The molecule has 88 valence electrons. The molecule has 0 aliphatic rings. The summed E-state index contributed by atoms with van der Waals surface area (Å²) in [5.41, 5.74) is 0. The van der Waals surface area contributed by atoms with Gasteiger partial charge in [0, 0.05) is 9.98 Å². The summed E-state index contributed by atoms with van der Waals surface area (Å²) in [6.07, 6.45) is 0. The first-order valence-electron chi connectivity index (χ1n) is 5.02. The number of benzene rings is 2. The Hall–Kier alpha value is -1.00. The minimum atomic E-state index is -0.497. The Morgan fingerprint density at radius 2 is 1.41 bits per heavy atom. The molecule has 0 fully saturated rings. The average Bonchev–Trinajstić information content (AvgIpc) is 2.34. The Kier molecular flexibility index (Phi) is 4.45. The third-order valence-electron chi connectivity index (χ3n) is 2.09. The second kappa shape index (κ2) is 6.07. The fourth-order valence-electron chi connectivity index (χ4n) is 1.29. The van der Waals surface area contributed by atoms with E-state index in [1.54, 1.807) is 11.8 Å². The molecule has 0 aliphatic carbocycles.